The number of hydrogen-bond donors (Lipinski definition) is 2. The van der Waals surface area contributed by atoms with E-state index in [1.54, 1.807) is 20.3 Å². The van der Waals surface area contributed by atoms with Crippen LogP contribution in [0.25, 0.3) is 0 Å². The minimum Gasteiger partial charge on any atom is -0.495 e. The molecule has 6 heteroatoms. The van der Waals surface area contributed by atoms with Gasteiger partial charge < -0.3 is 19.3 Å². The van der Waals surface area contributed by atoms with E-state index in [1.165, 1.54) is 0 Å². The summed E-state index contributed by atoms with van der Waals surface area (Å²) in [5.74, 6) is 2.57. The molecule has 5 nitrogen and oxygen atoms in total. The Morgan fingerprint density at radius 1 is 1.08 bits per heavy atom. The third-order valence-electron chi connectivity index (χ3n) is 4.59. The van der Waals surface area contributed by atoms with Crippen LogP contribution in [0.1, 0.15) is 28.2 Å². The van der Waals surface area contributed by atoms with Crippen LogP contribution in [0, 0.1) is 6.92 Å². The average molecular weight is 416 g/mol. The molecule has 0 amide bonds. The molecule has 1 aromatic heterocycles. The first-order valence-corrected chi connectivity index (χ1v) is 8.92. The quantitative estimate of drug-likeness (QED) is 0.488. The summed E-state index contributed by atoms with van der Waals surface area (Å²) in [7, 11) is 3.22. The van der Waals surface area contributed by atoms with Crippen LogP contribution in [0.15, 0.2) is 40.9 Å². The van der Waals surface area contributed by atoms with Gasteiger partial charge in [0, 0.05) is 23.1 Å². The number of H-pyrrole nitrogens is 1. The summed E-state index contributed by atoms with van der Waals surface area (Å²) in [6.07, 6.45) is 0. The number of rotatable bonds is 3. The first-order valence-electron chi connectivity index (χ1n) is 8.13. The van der Waals surface area contributed by atoms with E-state index < -0.39 is 0 Å². The van der Waals surface area contributed by atoms with Gasteiger partial charge in [0.15, 0.2) is 17.4 Å². The van der Waals surface area contributed by atoms with E-state index in [2.05, 4.69) is 33.0 Å². The van der Waals surface area contributed by atoms with Crippen LogP contribution in [0.3, 0.4) is 0 Å². The molecule has 2 heterocycles. The summed E-state index contributed by atoms with van der Waals surface area (Å²) in [5, 5.41) is 9.97. The first-order chi connectivity index (χ1) is 12.5. The molecule has 0 aliphatic carbocycles. The second-order valence-corrected chi connectivity index (χ2v) is 7.11. The number of benzene rings is 2. The lowest BCUT2D eigenvalue weighted by Crippen LogP contribution is -2.11. The zero-order chi connectivity index (χ0) is 18.4. The summed E-state index contributed by atoms with van der Waals surface area (Å²) >= 11 is 3.57. The molecule has 4 rings (SSSR count). The molecule has 1 unspecified atom stereocenters. The summed E-state index contributed by atoms with van der Waals surface area (Å²) < 4.78 is 17.7. The van der Waals surface area contributed by atoms with Crippen molar-refractivity contribution < 1.29 is 19.3 Å². The molecule has 1 aliphatic rings. The molecule has 0 saturated carbocycles. The van der Waals surface area contributed by atoms with Crippen LogP contribution < -0.4 is 14.2 Å². The van der Waals surface area contributed by atoms with Crippen molar-refractivity contribution in [2.75, 3.05) is 14.2 Å². The van der Waals surface area contributed by atoms with Crippen molar-refractivity contribution in [1.82, 2.24) is 4.98 Å². The molecular weight excluding hydrogens is 398 g/mol. The number of aryl methyl sites for hydroxylation is 1. The lowest BCUT2D eigenvalue weighted by molar-refractivity contribution is 0.352. The van der Waals surface area contributed by atoms with Gasteiger partial charge in [-0.2, -0.15) is 0 Å². The molecule has 26 heavy (non-hydrogen) atoms. The van der Waals surface area contributed by atoms with Gasteiger partial charge >= 0.3 is 0 Å². The fraction of sp³-hybridized carbons (Fsp3) is 0.200. The van der Waals surface area contributed by atoms with Crippen LogP contribution in [-0.2, 0) is 0 Å². The van der Waals surface area contributed by atoms with Crippen molar-refractivity contribution in [3.05, 3.63) is 63.1 Å². The highest BCUT2D eigenvalue weighted by molar-refractivity contribution is 9.10. The standard InChI is InChI=1S/C20H18BrNO4/c1-10-4-5-12-15(6-10)26-20-13(9-17(23)22-20)18(12)11-7-14(21)19(25-3)16(8-11)24-2/h4-9,18,22-23H,1-3H3. The third kappa shape index (κ3) is 2.61. The van der Waals surface area contributed by atoms with Crippen LogP contribution in [0.5, 0.6) is 29.0 Å². The minimum absolute atomic E-state index is 0.0732. The zero-order valence-corrected chi connectivity index (χ0v) is 16.2. The zero-order valence-electron chi connectivity index (χ0n) is 14.6. The fourth-order valence-corrected chi connectivity index (χ4v) is 4.07. The van der Waals surface area contributed by atoms with Gasteiger partial charge in [-0.3, -0.25) is 4.98 Å². The molecule has 0 spiro atoms. The van der Waals surface area contributed by atoms with Crippen molar-refractivity contribution in [1.29, 1.82) is 0 Å². The fourth-order valence-electron chi connectivity index (χ4n) is 3.45. The predicted molar refractivity (Wildman–Crippen MR) is 102 cm³/mol. The van der Waals surface area contributed by atoms with Crippen molar-refractivity contribution >= 4 is 15.9 Å². The topological polar surface area (TPSA) is 63.7 Å². The number of halogens is 1. The molecule has 3 aromatic rings. The SMILES string of the molecule is COc1cc(C2c3ccc(C)cc3Oc3[nH]c(O)cc32)cc(Br)c1OC. The third-order valence-corrected chi connectivity index (χ3v) is 5.18. The Labute approximate surface area is 159 Å². The summed E-state index contributed by atoms with van der Waals surface area (Å²) in [4.78, 5) is 2.89. The highest BCUT2D eigenvalue weighted by Gasteiger charge is 2.32. The Morgan fingerprint density at radius 3 is 2.62 bits per heavy atom. The number of nitrogens with one attached hydrogen (secondary N) is 1. The van der Waals surface area contributed by atoms with E-state index >= 15 is 0 Å². The molecule has 2 N–H and O–H groups in total. The van der Waals surface area contributed by atoms with E-state index in [0.717, 1.165) is 32.5 Å². The van der Waals surface area contributed by atoms with Crippen LogP contribution in [-0.4, -0.2) is 24.3 Å². The smallest absolute Gasteiger partial charge is 0.204 e. The molecular formula is C20H18BrNO4. The second kappa shape index (κ2) is 6.29. The molecule has 134 valence electrons. The Balaban J connectivity index is 1.95. The lowest BCUT2D eigenvalue weighted by atomic mass is 9.84. The maximum absolute atomic E-state index is 9.97. The lowest BCUT2D eigenvalue weighted by Gasteiger charge is -2.27. The highest BCUT2D eigenvalue weighted by Crippen LogP contribution is 2.50. The van der Waals surface area contributed by atoms with Crippen molar-refractivity contribution in [2.24, 2.45) is 0 Å². The molecule has 0 saturated heterocycles. The molecule has 0 bridgehead atoms. The Morgan fingerprint density at radius 2 is 1.88 bits per heavy atom. The summed E-state index contributed by atoms with van der Waals surface area (Å²) in [6, 6.07) is 11.8. The van der Waals surface area contributed by atoms with Crippen molar-refractivity contribution in [2.45, 2.75) is 12.8 Å². The average Bonchev–Trinajstić information content (AvgIpc) is 2.98. The van der Waals surface area contributed by atoms with Crippen molar-refractivity contribution in [3.63, 3.8) is 0 Å². The highest BCUT2D eigenvalue weighted by atomic mass is 79.9. The van der Waals surface area contributed by atoms with Gasteiger partial charge in [0.25, 0.3) is 0 Å². The number of fused-ring (bicyclic) bond motifs is 2. The number of aromatic amines is 1. The van der Waals surface area contributed by atoms with E-state index in [-0.39, 0.29) is 11.8 Å². The van der Waals surface area contributed by atoms with E-state index in [0.29, 0.717) is 17.4 Å². The predicted octanol–water partition coefficient (Wildman–Crippen LogP) is 5.09. The first kappa shape index (κ1) is 16.8. The molecule has 1 atom stereocenters. The maximum Gasteiger partial charge on any atom is 0.204 e. The van der Waals surface area contributed by atoms with Crippen LogP contribution in [0.4, 0.5) is 0 Å². The van der Waals surface area contributed by atoms with Crippen LogP contribution >= 0.6 is 15.9 Å². The molecule has 0 fully saturated rings. The summed E-state index contributed by atoms with van der Waals surface area (Å²) in [5.41, 5.74) is 4.01. The van der Waals surface area contributed by atoms with Gasteiger partial charge in [-0.05, 0) is 52.2 Å². The molecule has 1 aliphatic heterocycles. The number of hydrogen-bond acceptors (Lipinski definition) is 4. The number of methoxy groups -OCH3 is 2. The maximum atomic E-state index is 9.97. The van der Waals surface area contributed by atoms with Gasteiger partial charge in [-0.1, -0.05) is 12.1 Å². The largest absolute Gasteiger partial charge is 0.495 e. The Hall–Kier alpha value is -2.60. The Kier molecular flexibility index (Phi) is 4.07. The van der Waals surface area contributed by atoms with Crippen molar-refractivity contribution in [3.8, 4) is 29.0 Å². The van der Waals surface area contributed by atoms with E-state index in [9.17, 15) is 5.11 Å². The normalized spacial score (nSPS) is 15.0. The van der Waals surface area contributed by atoms with Gasteiger partial charge in [0.1, 0.15) is 5.75 Å². The Bertz CT molecular complexity index is 996. The van der Waals surface area contributed by atoms with Gasteiger partial charge in [-0.15, -0.1) is 0 Å². The van der Waals surface area contributed by atoms with Crippen LogP contribution in [0.2, 0.25) is 0 Å². The summed E-state index contributed by atoms with van der Waals surface area (Å²) in [6.45, 7) is 2.02. The number of aromatic hydroxyl groups is 1. The molecule has 0 radical (unpaired) electrons. The van der Waals surface area contributed by atoms with Gasteiger partial charge in [0.2, 0.25) is 5.88 Å². The van der Waals surface area contributed by atoms with E-state index in [4.69, 9.17) is 14.2 Å². The van der Waals surface area contributed by atoms with Gasteiger partial charge in [0.05, 0.1) is 18.7 Å². The monoisotopic (exact) mass is 415 g/mol. The number of aromatic nitrogens is 1. The minimum atomic E-state index is -0.109. The van der Waals surface area contributed by atoms with E-state index in [1.807, 2.05) is 25.1 Å². The molecule has 2 aromatic carbocycles. The number of ether oxygens (including phenoxy) is 3. The van der Waals surface area contributed by atoms with Gasteiger partial charge in [-0.25, -0.2) is 0 Å². The second-order valence-electron chi connectivity index (χ2n) is 6.25.